The number of imide groups is 1. The minimum atomic E-state index is -0.400. The van der Waals surface area contributed by atoms with Gasteiger partial charge in [0.15, 0.2) is 0 Å². The van der Waals surface area contributed by atoms with Gasteiger partial charge in [-0.1, -0.05) is 0 Å². The van der Waals surface area contributed by atoms with E-state index in [0.717, 1.165) is 11.5 Å². The van der Waals surface area contributed by atoms with E-state index in [0.29, 0.717) is 16.3 Å². The van der Waals surface area contributed by atoms with Gasteiger partial charge in [0.1, 0.15) is 6.33 Å². The van der Waals surface area contributed by atoms with Crippen LogP contribution in [0.15, 0.2) is 24.5 Å². The summed E-state index contributed by atoms with van der Waals surface area (Å²) < 4.78 is 3.79. The molecule has 0 saturated heterocycles. The fraction of sp³-hybridized carbons (Fsp3) is 0.214. The van der Waals surface area contributed by atoms with Crippen LogP contribution in [0.5, 0.6) is 0 Å². The van der Waals surface area contributed by atoms with Crippen molar-refractivity contribution in [1.29, 1.82) is 0 Å². The molecule has 112 valence electrons. The summed E-state index contributed by atoms with van der Waals surface area (Å²) in [4.78, 5) is 41.7. The van der Waals surface area contributed by atoms with Gasteiger partial charge in [-0.3, -0.25) is 24.6 Å². The van der Waals surface area contributed by atoms with E-state index < -0.39 is 5.91 Å². The normalized spacial score (nSPS) is 13.7. The number of amides is 3. The van der Waals surface area contributed by atoms with Gasteiger partial charge in [0.2, 0.25) is 5.13 Å². The van der Waals surface area contributed by atoms with E-state index in [1.165, 1.54) is 29.4 Å². The average Bonchev–Trinajstić information content (AvgIpc) is 3.06. The van der Waals surface area contributed by atoms with Crippen molar-refractivity contribution in [3.05, 3.63) is 41.2 Å². The van der Waals surface area contributed by atoms with Crippen molar-refractivity contribution in [2.45, 2.75) is 19.9 Å². The number of carbonyl (C=O) groups is 3. The SMILES string of the molecule is CC(C)N1C(=O)c2ccc(C(=O)Nc3ncns3)cc2C1=O. The zero-order chi connectivity index (χ0) is 15.9. The molecule has 1 aliphatic rings. The summed E-state index contributed by atoms with van der Waals surface area (Å²) >= 11 is 1.05. The number of hydrogen-bond acceptors (Lipinski definition) is 6. The lowest BCUT2D eigenvalue weighted by Gasteiger charge is -2.17. The molecule has 7 nitrogen and oxygen atoms in total. The van der Waals surface area contributed by atoms with Crippen LogP contribution in [-0.2, 0) is 0 Å². The van der Waals surface area contributed by atoms with Gasteiger partial charge < -0.3 is 0 Å². The van der Waals surface area contributed by atoms with Crippen molar-refractivity contribution < 1.29 is 14.4 Å². The van der Waals surface area contributed by atoms with Crippen LogP contribution in [0.25, 0.3) is 0 Å². The molecule has 0 aliphatic carbocycles. The monoisotopic (exact) mass is 316 g/mol. The topological polar surface area (TPSA) is 92.3 Å². The molecule has 0 saturated carbocycles. The number of hydrogen-bond donors (Lipinski definition) is 1. The first kappa shape index (κ1) is 14.3. The van der Waals surface area contributed by atoms with Crippen LogP contribution >= 0.6 is 11.5 Å². The van der Waals surface area contributed by atoms with Gasteiger partial charge in [0, 0.05) is 23.1 Å². The summed E-state index contributed by atoms with van der Waals surface area (Å²) in [5.74, 6) is -1.10. The molecule has 0 atom stereocenters. The van der Waals surface area contributed by atoms with Gasteiger partial charge in [-0.15, -0.1) is 0 Å². The number of benzene rings is 1. The highest BCUT2D eigenvalue weighted by Gasteiger charge is 2.37. The van der Waals surface area contributed by atoms with Crippen molar-refractivity contribution in [1.82, 2.24) is 14.3 Å². The van der Waals surface area contributed by atoms with Crippen molar-refractivity contribution in [3.63, 3.8) is 0 Å². The van der Waals surface area contributed by atoms with Crippen LogP contribution in [0.3, 0.4) is 0 Å². The Bertz CT molecular complexity index is 770. The van der Waals surface area contributed by atoms with Crippen LogP contribution in [0.4, 0.5) is 5.13 Å². The molecule has 0 spiro atoms. The highest BCUT2D eigenvalue weighted by atomic mass is 32.1. The fourth-order valence-electron chi connectivity index (χ4n) is 2.27. The van der Waals surface area contributed by atoms with Crippen LogP contribution in [0.2, 0.25) is 0 Å². The Morgan fingerprint density at radius 3 is 2.59 bits per heavy atom. The Balaban J connectivity index is 1.91. The van der Waals surface area contributed by atoms with Crippen LogP contribution in [0, 0.1) is 0 Å². The third kappa shape index (κ3) is 2.27. The lowest BCUT2D eigenvalue weighted by molar-refractivity contribution is 0.0609. The second-order valence-corrected chi connectivity index (χ2v) is 5.82. The lowest BCUT2D eigenvalue weighted by atomic mass is 10.1. The molecule has 0 bridgehead atoms. The fourth-order valence-corrected chi connectivity index (χ4v) is 2.69. The lowest BCUT2D eigenvalue weighted by Crippen LogP contribution is -2.35. The van der Waals surface area contributed by atoms with Gasteiger partial charge in [0.05, 0.1) is 11.1 Å². The molecule has 0 fully saturated rings. The predicted octanol–water partition coefficient (Wildman–Crippen LogP) is 1.79. The van der Waals surface area contributed by atoms with Gasteiger partial charge in [-0.25, -0.2) is 4.98 Å². The van der Waals surface area contributed by atoms with Crippen molar-refractivity contribution in [2.24, 2.45) is 0 Å². The first-order valence-electron chi connectivity index (χ1n) is 6.59. The first-order valence-corrected chi connectivity index (χ1v) is 7.36. The highest BCUT2D eigenvalue weighted by molar-refractivity contribution is 7.09. The van der Waals surface area contributed by atoms with Crippen molar-refractivity contribution >= 4 is 34.4 Å². The third-order valence-corrected chi connectivity index (χ3v) is 3.86. The highest BCUT2D eigenvalue weighted by Crippen LogP contribution is 2.26. The molecule has 1 aromatic heterocycles. The van der Waals surface area contributed by atoms with Gasteiger partial charge >= 0.3 is 0 Å². The van der Waals surface area contributed by atoms with E-state index in [9.17, 15) is 14.4 Å². The average molecular weight is 316 g/mol. The minimum Gasteiger partial charge on any atom is -0.297 e. The molecule has 3 amide bonds. The quantitative estimate of drug-likeness (QED) is 0.872. The number of fused-ring (bicyclic) bond motifs is 1. The maximum Gasteiger partial charge on any atom is 0.261 e. The third-order valence-electron chi connectivity index (χ3n) is 3.28. The molecule has 8 heteroatoms. The molecule has 22 heavy (non-hydrogen) atoms. The zero-order valence-corrected chi connectivity index (χ0v) is 12.7. The largest absolute Gasteiger partial charge is 0.297 e. The van der Waals surface area contributed by atoms with E-state index in [1.807, 2.05) is 0 Å². The molecule has 0 radical (unpaired) electrons. The molecule has 2 heterocycles. The Kier molecular flexibility index (Phi) is 3.45. The molecule has 1 aromatic carbocycles. The molecule has 1 N–H and O–H groups in total. The summed E-state index contributed by atoms with van der Waals surface area (Å²) in [6.07, 6.45) is 1.34. The number of nitrogens with zero attached hydrogens (tertiary/aromatic N) is 3. The van der Waals surface area contributed by atoms with Crippen LogP contribution < -0.4 is 5.32 Å². The Labute approximate surface area is 130 Å². The number of nitrogens with one attached hydrogen (secondary N) is 1. The van der Waals surface area contributed by atoms with E-state index in [-0.39, 0.29) is 23.4 Å². The Morgan fingerprint density at radius 2 is 1.95 bits per heavy atom. The summed E-state index contributed by atoms with van der Waals surface area (Å²) in [7, 11) is 0. The summed E-state index contributed by atoms with van der Waals surface area (Å²) in [5.41, 5.74) is 0.871. The second kappa shape index (κ2) is 5.30. The Morgan fingerprint density at radius 1 is 1.23 bits per heavy atom. The van der Waals surface area contributed by atoms with Crippen molar-refractivity contribution in [3.8, 4) is 0 Å². The van der Waals surface area contributed by atoms with E-state index >= 15 is 0 Å². The number of rotatable bonds is 3. The minimum absolute atomic E-state index is 0.230. The summed E-state index contributed by atoms with van der Waals surface area (Å²) in [6, 6.07) is 4.23. The van der Waals surface area contributed by atoms with E-state index in [4.69, 9.17) is 0 Å². The number of anilines is 1. The molecular formula is C14H12N4O3S. The van der Waals surface area contributed by atoms with E-state index in [2.05, 4.69) is 14.7 Å². The van der Waals surface area contributed by atoms with Gasteiger partial charge in [0.25, 0.3) is 17.7 Å². The molecule has 0 unspecified atom stereocenters. The second-order valence-electron chi connectivity index (χ2n) is 5.03. The maximum atomic E-state index is 12.3. The smallest absolute Gasteiger partial charge is 0.261 e. The molecule has 3 rings (SSSR count). The summed E-state index contributed by atoms with van der Waals surface area (Å²) in [5, 5.41) is 2.96. The Hall–Kier alpha value is -2.61. The summed E-state index contributed by atoms with van der Waals surface area (Å²) in [6.45, 7) is 3.54. The zero-order valence-electron chi connectivity index (χ0n) is 11.9. The first-order chi connectivity index (χ1) is 10.5. The molecule has 1 aliphatic heterocycles. The maximum absolute atomic E-state index is 12.3. The number of aromatic nitrogens is 2. The number of carbonyl (C=O) groups excluding carboxylic acids is 3. The van der Waals surface area contributed by atoms with Gasteiger partial charge in [-0.05, 0) is 32.0 Å². The van der Waals surface area contributed by atoms with Crippen molar-refractivity contribution in [2.75, 3.05) is 5.32 Å². The standard InChI is InChI=1S/C14H12N4O3S/c1-7(2)18-12(20)9-4-3-8(5-10(9)13(18)21)11(19)17-14-15-6-16-22-14/h3-7H,1-2H3,(H,15,16,17,19). The van der Waals surface area contributed by atoms with Crippen LogP contribution in [-0.4, -0.2) is 38.0 Å². The van der Waals surface area contributed by atoms with Gasteiger partial charge in [-0.2, -0.15) is 4.37 Å². The van der Waals surface area contributed by atoms with Crippen LogP contribution in [0.1, 0.15) is 44.9 Å². The molecule has 2 aromatic rings. The molecular weight excluding hydrogens is 304 g/mol. The predicted molar refractivity (Wildman–Crippen MR) is 79.9 cm³/mol. The van der Waals surface area contributed by atoms with E-state index in [1.54, 1.807) is 13.8 Å².